The number of sulfone groups is 1. The van der Waals surface area contributed by atoms with Gasteiger partial charge in [-0.3, -0.25) is 4.79 Å². The molecule has 0 aromatic heterocycles. The van der Waals surface area contributed by atoms with Gasteiger partial charge in [0, 0.05) is 11.7 Å². The molecule has 2 aliphatic rings. The van der Waals surface area contributed by atoms with Crippen LogP contribution in [0.2, 0.25) is 0 Å². The van der Waals surface area contributed by atoms with E-state index in [0.29, 0.717) is 11.6 Å². The molecule has 2 saturated heterocycles. The number of amidine groups is 1. The molecule has 0 bridgehead atoms. The number of aliphatic imine (C=N–C) groups is 1. The number of carbonyl (C=O) groups excluding carboxylic acids is 1. The number of hydrogen-bond donors (Lipinski definition) is 0. The summed E-state index contributed by atoms with van der Waals surface area (Å²) in [6.45, 7) is 3.99. The summed E-state index contributed by atoms with van der Waals surface area (Å²) in [4.78, 5) is 18.3. The van der Waals surface area contributed by atoms with Gasteiger partial charge in [0.05, 0.1) is 23.6 Å². The van der Waals surface area contributed by atoms with Gasteiger partial charge in [-0.1, -0.05) is 49.0 Å². The minimum atomic E-state index is -3.02. The lowest BCUT2D eigenvalue weighted by Gasteiger charge is -2.31. The Morgan fingerprint density at radius 2 is 2.04 bits per heavy atom. The molecule has 2 aliphatic heterocycles. The molecule has 0 radical (unpaired) electrons. The quantitative estimate of drug-likeness (QED) is 0.819. The predicted molar refractivity (Wildman–Crippen MR) is 97.9 cm³/mol. The zero-order valence-corrected chi connectivity index (χ0v) is 15.5. The summed E-state index contributed by atoms with van der Waals surface area (Å²) in [6.07, 6.45) is 1.18. The van der Waals surface area contributed by atoms with Crippen molar-refractivity contribution in [3.8, 4) is 0 Å². The van der Waals surface area contributed by atoms with E-state index in [1.54, 1.807) is 0 Å². The number of benzene rings is 1. The summed E-state index contributed by atoms with van der Waals surface area (Å²) in [5.74, 6) is 0.178. The standard InChI is InChI=1S/C17H22N2O3S2/c1-3-7-16(20)18-17-19(12(2)13-8-5-4-6-9-13)14-10-24(21,22)11-15(14)23-17/h4-6,8-9,12,14-15H,3,7,10-11H2,1-2H3. The van der Waals surface area contributed by atoms with Gasteiger partial charge in [0.25, 0.3) is 0 Å². The summed E-state index contributed by atoms with van der Waals surface area (Å²) in [5.41, 5.74) is 1.10. The van der Waals surface area contributed by atoms with Crippen molar-refractivity contribution in [1.82, 2.24) is 4.90 Å². The maximum Gasteiger partial charge on any atom is 0.248 e. The monoisotopic (exact) mass is 366 g/mol. The van der Waals surface area contributed by atoms with Gasteiger partial charge in [-0.25, -0.2) is 8.42 Å². The number of thioether (sulfide) groups is 1. The molecular weight excluding hydrogens is 344 g/mol. The molecule has 2 fully saturated rings. The van der Waals surface area contributed by atoms with E-state index in [1.165, 1.54) is 11.8 Å². The van der Waals surface area contributed by atoms with Crippen molar-refractivity contribution in [1.29, 1.82) is 0 Å². The highest BCUT2D eigenvalue weighted by Crippen LogP contribution is 2.42. The summed E-state index contributed by atoms with van der Waals surface area (Å²) < 4.78 is 24.1. The number of nitrogens with zero attached hydrogens (tertiary/aromatic N) is 2. The van der Waals surface area contributed by atoms with Gasteiger partial charge in [0.15, 0.2) is 15.0 Å². The topological polar surface area (TPSA) is 66.8 Å². The molecule has 0 saturated carbocycles. The highest BCUT2D eigenvalue weighted by molar-refractivity contribution is 8.15. The molecule has 0 N–H and O–H groups in total. The minimum absolute atomic E-state index is 0.0184. The van der Waals surface area contributed by atoms with Gasteiger partial charge in [0.1, 0.15) is 0 Å². The third kappa shape index (κ3) is 3.52. The zero-order valence-electron chi connectivity index (χ0n) is 13.9. The smallest absolute Gasteiger partial charge is 0.248 e. The first-order chi connectivity index (χ1) is 11.4. The Morgan fingerprint density at radius 3 is 2.71 bits per heavy atom. The summed E-state index contributed by atoms with van der Waals surface area (Å²) >= 11 is 1.44. The molecule has 0 spiro atoms. The number of fused-ring (bicyclic) bond motifs is 1. The van der Waals surface area contributed by atoms with Crippen LogP contribution in [-0.2, 0) is 14.6 Å². The van der Waals surface area contributed by atoms with Crippen LogP contribution in [0.3, 0.4) is 0 Å². The Balaban J connectivity index is 1.94. The Bertz CT molecular complexity index is 746. The molecule has 2 heterocycles. The van der Waals surface area contributed by atoms with E-state index in [0.717, 1.165) is 12.0 Å². The van der Waals surface area contributed by atoms with Crippen LogP contribution in [0.4, 0.5) is 0 Å². The van der Waals surface area contributed by atoms with Crippen molar-refractivity contribution in [2.45, 2.75) is 44.0 Å². The highest BCUT2D eigenvalue weighted by atomic mass is 32.2. The fraction of sp³-hybridized carbons (Fsp3) is 0.529. The highest BCUT2D eigenvalue weighted by Gasteiger charge is 2.50. The zero-order chi connectivity index (χ0) is 17.3. The van der Waals surface area contributed by atoms with Gasteiger partial charge in [0.2, 0.25) is 5.91 Å². The molecule has 1 aromatic rings. The molecule has 3 atom stereocenters. The first kappa shape index (κ1) is 17.5. The Kier molecular flexibility index (Phi) is 5.01. The average Bonchev–Trinajstić information content (AvgIpc) is 2.98. The molecule has 130 valence electrons. The van der Waals surface area contributed by atoms with Crippen molar-refractivity contribution in [2.24, 2.45) is 4.99 Å². The first-order valence-corrected chi connectivity index (χ1v) is 10.9. The van der Waals surface area contributed by atoms with Gasteiger partial charge in [-0.05, 0) is 18.9 Å². The van der Waals surface area contributed by atoms with Gasteiger partial charge in [-0.2, -0.15) is 4.99 Å². The van der Waals surface area contributed by atoms with Crippen molar-refractivity contribution in [3.63, 3.8) is 0 Å². The fourth-order valence-electron chi connectivity index (χ4n) is 3.31. The maximum atomic E-state index is 12.0. The number of amides is 1. The minimum Gasteiger partial charge on any atom is -0.339 e. The van der Waals surface area contributed by atoms with E-state index < -0.39 is 9.84 Å². The molecule has 1 aromatic carbocycles. The third-order valence-corrected chi connectivity index (χ3v) is 7.71. The molecule has 5 nitrogen and oxygen atoms in total. The van der Waals surface area contributed by atoms with Crippen LogP contribution in [0.15, 0.2) is 35.3 Å². The average molecular weight is 367 g/mol. The van der Waals surface area contributed by atoms with Crippen molar-refractivity contribution < 1.29 is 13.2 Å². The van der Waals surface area contributed by atoms with Crippen LogP contribution in [0.1, 0.15) is 38.3 Å². The van der Waals surface area contributed by atoms with Crippen LogP contribution in [0, 0.1) is 0 Å². The van der Waals surface area contributed by atoms with Crippen molar-refractivity contribution in [2.75, 3.05) is 11.5 Å². The summed E-state index contributed by atoms with van der Waals surface area (Å²) in [5, 5.41) is 0.643. The van der Waals surface area contributed by atoms with Crippen LogP contribution in [-0.4, -0.2) is 47.2 Å². The van der Waals surface area contributed by atoms with Gasteiger partial charge >= 0.3 is 0 Å². The molecule has 3 unspecified atom stereocenters. The van der Waals surface area contributed by atoms with Crippen LogP contribution >= 0.6 is 11.8 Å². The van der Waals surface area contributed by atoms with Crippen molar-refractivity contribution in [3.05, 3.63) is 35.9 Å². The second-order valence-corrected chi connectivity index (χ2v) is 9.69. The third-order valence-electron chi connectivity index (χ3n) is 4.49. The van der Waals surface area contributed by atoms with E-state index in [2.05, 4.69) is 4.99 Å². The second kappa shape index (κ2) is 6.88. The van der Waals surface area contributed by atoms with Crippen molar-refractivity contribution >= 4 is 32.7 Å². The van der Waals surface area contributed by atoms with Gasteiger partial charge < -0.3 is 4.90 Å². The lowest BCUT2D eigenvalue weighted by molar-refractivity contribution is -0.117. The molecule has 24 heavy (non-hydrogen) atoms. The lowest BCUT2D eigenvalue weighted by atomic mass is 10.1. The van der Waals surface area contributed by atoms with E-state index in [4.69, 9.17) is 0 Å². The first-order valence-electron chi connectivity index (χ1n) is 8.23. The second-order valence-electron chi connectivity index (χ2n) is 6.33. The van der Waals surface area contributed by atoms with E-state index in [1.807, 2.05) is 49.1 Å². The number of rotatable bonds is 4. The van der Waals surface area contributed by atoms with E-state index in [9.17, 15) is 13.2 Å². The van der Waals surface area contributed by atoms with E-state index in [-0.39, 0.29) is 34.7 Å². The molecule has 0 aliphatic carbocycles. The van der Waals surface area contributed by atoms with Crippen LogP contribution in [0.5, 0.6) is 0 Å². The van der Waals surface area contributed by atoms with Crippen LogP contribution < -0.4 is 0 Å². The predicted octanol–water partition coefficient (Wildman–Crippen LogP) is 2.64. The maximum absolute atomic E-state index is 12.0. The molecule has 1 amide bonds. The van der Waals surface area contributed by atoms with E-state index >= 15 is 0 Å². The Morgan fingerprint density at radius 1 is 1.33 bits per heavy atom. The normalized spacial score (nSPS) is 28.1. The summed E-state index contributed by atoms with van der Waals surface area (Å²) in [7, 11) is -3.02. The molecule has 7 heteroatoms. The SMILES string of the molecule is CCCC(=O)N=C1SC2CS(=O)(=O)CC2N1C(C)c1ccccc1. The largest absolute Gasteiger partial charge is 0.339 e. The van der Waals surface area contributed by atoms with Crippen LogP contribution in [0.25, 0.3) is 0 Å². The Labute approximate surface area is 147 Å². The number of carbonyl (C=O) groups is 1. The lowest BCUT2D eigenvalue weighted by Crippen LogP contribution is -2.39. The number of hydrogen-bond acceptors (Lipinski definition) is 4. The summed E-state index contributed by atoms with van der Waals surface area (Å²) in [6, 6.07) is 9.82. The van der Waals surface area contributed by atoms with Gasteiger partial charge in [-0.15, -0.1) is 0 Å². The molecule has 3 rings (SSSR count). The Hall–Kier alpha value is -1.34. The fourth-order valence-corrected chi connectivity index (χ4v) is 7.33. The molecular formula is C17H22N2O3S2.